The Kier molecular flexibility index (Phi) is 4.57. The van der Waals surface area contributed by atoms with Gasteiger partial charge in [0, 0.05) is 32.8 Å². The van der Waals surface area contributed by atoms with E-state index in [-0.39, 0.29) is 11.9 Å². The van der Waals surface area contributed by atoms with Crippen LogP contribution in [-0.2, 0) is 4.74 Å². The number of pyridine rings is 1. The van der Waals surface area contributed by atoms with E-state index in [1.165, 1.54) is 0 Å². The average molecular weight is 311 g/mol. The van der Waals surface area contributed by atoms with Crippen molar-refractivity contribution in [2.75, 3.05) is 44.3 Å². The van der Waals surface area contributed by atoms with E-state index in [0.717, 1.165) is 38.3 Å². The van der Waals surface area contributed by atoms with E-state index < -0.39 is 0 Å². The number of hydrogen-bond donors (Lipinski definition) is 2. The highest BCUT2D eigenvalue weighted by Crippen LogP contribution is 2.24. The van der Waals surface area contributed by atoms with Crippen LogP contribution < -0.4 is 15.5 Å². The molecular weight excluding hydrogens is 292 g/mol. The summed E-state index contributed by atoms with van der Waals surface area (Å²) < 4.78 is 5.24. The van der Waals surface area contributed by atoms with Gasteiger partial charge in [0.1, 0.15) is 5.69 Å². The highest BCUT2D eigenvalue weighted by Gasteiger charge is 2.21. The van der Waals surface area contributed by atoms with Gasteiger partial charge < -0.3 is 20.3 Å². The first-order valence-corrected chi connectivity index (χ1v) is 7.62. The quantitative estimate of drug-likeness (QED) is 0.803. The highest BCUT2D eigenvalue weighted by molar-refractivity contribution is 6.32. The molecule has 3 rings (SSSR count). The van der Waals surface area contributed by atoms with Gasteiger partial charge in [0.25, 0.3) is 5.91 Å². The SMILES string of the molecule is O=C(N[C@@H]1CCOC1)c1ccc(N2CCNCC2)c(Cl)n1. The van der Waals surface area contributed by atoms with E-state index in [2.05, 4.69) is 20.5 Å². The fraction of sp³-hybridized carbons (Fsp3) is 0.571. The molecule has 2 fully saturated rings. The molecule has 0 saturated carbocycles. The van der Waals surface area contributed by atoms with Gasteiger partial charge in [-0.1, -0.05) is 11.6 Å². The number of halogens is 1. The van der Waals surface area contributed by atoms with Crippen molar-refractivity contribution in [1.82, 2.24) is 15.6 Å². The molecular formula is C14H19ClN4O2. The van der Waals surface area contributed by atoms with Crippen molar-refractivity contribution in [3.8, 4) is 0 Å². The van der Waals surface area contributed by atoms with E-state index >= 15 is 0 Å². The number of anilines is 1. The number of aromatic nitrogens is 1. The zero-order valence-electron chi connectivity index (χ0n) is 11.8. The molecule has 0 spiro atoms. The predicted octanol–water partition coefficient (Wildman–Crippen LogP) is 0.663. The zero-order valence-corrected chi connectivity index (χ0v) is 12.5. The molecule has 6 nitrogen and oxygen atoms in total. The minimum absolute atomic E-state index is 0.0749. The van der Waals surface area contributed by atoms with E-state index in [1.807, 2.05) is 6.07 Å². The normalized spacial score (nSPS) is 22.3. The van der Waals surface area contributed by atoms with E-state index in [9.17, 15) is 4.79 Å². The molecule has 2 N–H and O–H groups in total. The standard InChI is InChI=1S/C14H19ClN4O2/c15-13-12(19-6-4-16-5-7-19)2-1-11(18-13)14(20)17-10-3-8-21-9-10/h1-2,10,16H,3-9H2,(H,17,20)/t10-/m1/s1. The van der Waals surface area contributed by atoms with Gasteiger partial charge >= 0.3 is 0 Å². The Labute approximate surface area is 128 Å². The molecule has 0 aliphatic carbocycles. The second kappa shape index (κ2) is 6.60. The van der Waals surface area contributed by atoms with Gasteiger partial charge in [0.05, 0.1) is 18.3 Å². The van der Waals surface area contributed by atoms with Crippen molar-refractivity contribution in [3.63, 3.8) is 0 Å². The summed E-state index contributed by atoms with van der Waals surface area (Å²) in [6.45, 7) is 4.92. The maximum atomic E-state index is 12.1. The van der Waals surface area contributed by atoms with Crippen LogP contribution in [0.15, 0.2) is 12.1 Å². The Balaban J connectivity index is 1.69. The van der Waals surface area contributed by atoms with Crippen LogP contribution in [0.1, 0.15) is 16.9 Å². The number of amides is 1. The average Bonchev–Trinajstić information content (AvgIpc) is 3.01. The van der Waals surface area contributed by atoms with Crippen molar-refractivity contribution >= 4 is 23.2 Å². The number of piperazine rings is 1. The van der Waals surface area contributed by atoms with Gasteiger partial charge in [-0.25, -0.2) is 4.98 Å². The highest BCUT2D eigenvalue weighted by atomic mass is 35.5. The van der Waals surface area contributed by atoms with Gasteiger partial charge in [0.2, 0.25) is 0 Å². The molecule has 0 aromatic carbocycles. The number of carbonyl (C=O) groups is 1. The third-order valence-electron chi connectivity index (χ3n) is 3.78. The van der Waals surface area contributed by atoms with Crippen LogP contribution in [-0.4, -0.2) is 56.3 Å². The lowest BCUT2D eigenvalue weighted by molar-refractivity contribution is 0.0925. The molecule has 0 unspecified atom stereocenters. The van der Waals surface area contributed by atoms with E-state index in [4.69, 9.17) is 16.3 Å². The number of rotatable bonds is 3. The Hall–Kier alpha value is -1.37. The Bertz CT molecular complexity index is 514. The maximum absolute atomic E-state index is 12.1. The number of nitrogens with one attached hydrogen (secondary N) is 2. The van der Waals surface area contributed by atoms with Crippen LogP contribution in [0.2, 0.25) is 5.15 Å². The Morgan fingerprint density at radius 1 is 1.43 bits per heavy atom. The van der Waals surface area contributed by atoms with Crippen LogP contribution in [0.5, 0.6) is 0 Å². The molecule has 2 aliphatic rings. The summed E-state index contributed by atoms with van der Waals surface area (Å²) in [6.07, 6.45) is 0.846. The van der Waals surface area contributed by atoms with Crippen molar-refractivity contribution in [2.24, 2.45) is 0 Å². The molecule has 0 bridgehead atoms. The van der Waals surface area contributed by atoms with E-state index in [0.29, 0.717) is 24.1 Å². The minimum atomic E-state index is -0.195. The molecule has 2 aliphatic heterocycles. The topological polar surface area (TPSA) is 66.5 Å². The molecule has 0 radical (unpaired) electrons. The molecule has 114 valence electrons. The fourth-order valence-corrected chi connectivity index (χ4v) is 2.88. The van der Waals surface area contributed by atoms with Gasteiger partial charge in [0.15, 0.2) is 5.15 Å². The molecule has 21 heavy (non-hydrogen) atoms. The second-order valence-electron chi connectivity index (χ2n) is 5.28. The first-order valence-electron chi connectivity index (χ1n) is 7.25. The van der Waals surface area contributed by atoms with Gasteiger partial charge in [-0.2, -0.15) is 0 Å². The molecule has 2 saturated heterocycles. The molecule has 7 heteroatoms. The van der Waals surface area contributed by atoms with Crippen LogP contribution in [0.25, 0.3) is 0 Å². The third kappa shape index (κ3) is 3.45. The summed E-state index contributed by atoms with van der Waals surface area (Å²) in [6, 6.07) is 3.68. The minimum Gasteiger partial charge on any atom is -0.379 e. The second-order valence-corrected chi connectivity index (χ2v) is 5.64. The fourth-order valence-electron chi connectivity index (χ4n) is 2.60. The van der Waals surface area contributed by atoms with E-state index in [1.54, 1.807) is 6.07 Å². The van der Waals surface area contributed by atoms with Crippen LogP contribution in [0, 0.1) is 0 Å². The predicted molar refractivity (Wildman–Crippen MR) is 81.0 cm³/mol. The summed E-state index contributed by atoms with van der Waals surface area (Å²) in [5, 5.41) is 6.59. The number of carbonyl (C=O) groups excluding carboxylic acids is 1. The lowest BCUT2D eigenvalue weighted by atomic mass is 10.2. The van der Waals surface area contributed by atoms with Crippen molar-refractivity contribution in [3.05, 3.63) is 23.0 Å². The van der Waals surface area contributed by atoms with Crippen molar-refractivity contribution in [2.45, 2.75) is 12.5 Å². The smallest absolute Gasteiger partial charge is 0.270 e. The number of ether oxygens (including phenoxy) is 1. The van der Waals surface area contributed by atoms with Crippen LogP contribution in [0.4, 0.5) is 5.69 Å². The number of nitrogens with zero attached hydrogens (tertiary/aromatic N) is 2. The lowest BCUT2D eigenvalue weighted by Crippen LogP contribution is -2.43. The van der Waals surface area contributed by atoms with Crippen LogP contribution >= 0.6 is 11.6 Å². The van der Waals surface area contributed by atoms with Gasteiger partial charge in [-0.15, -0.1) is 0 Å². The largest absolute Gasteiger partial charge is 0.379 e. The van der Waals surface area contributed by atoms with Crippen molar-refractivity contribution in [1.29, 1.82) is 0 Å². The summed E-state index contributed by atoms with van der Waals surface area (Å²) in [4.78, 5) is 18.5. The van der Waals surface area contributed by atoms with Gasteiger partial charge in [-0.05, 0) is 18.6 Å². The zero-order chi connectivity index (χ0) is 14.7. The first kappa shape index (κ1) is 14.6. The van der Waals surface area contributed by atoms with Gasteiger partial charge in [-0.3, -0.25) is 4.79 Å². The summed E-state index contributed by atoms with van der Waals surface area (Å²) in [5.41, 5.74) is 1.24. The Morgan fingerprint density at radius 3 is 2.90 bits per heavy atom. The lowest BCUT2D eigenvalue weighted by Gasteiger charge is -2.29. The summed E-state index contributed by atoms with van der Waals surface area (Å²) >= 11 is 6.25. The first-order chi connectivity index (χ1) is 10.2. The summed E-state index contributed by atoms with van der Waals surface area (Å²) in [5.74, 6) is -0.195. The third-order valence-corrected chi connectivity index (χ3v) is 4.06. The molecule has 1 aromatic heterocycles. The molecule has 1 amide bonds. The molecule has 1 aromatic rings. The Morgan fingerprint density at radius 2 is 2.24 bits per heavy atom. The maximum Gasteiger partial charge on any atom is 0.270 e. The van der Waals surface area contributed by atoms with Crippen LogP contribution in [0.3, 0.4) is 0 Å². The molecule has 1 atom stereocenters. The monoisotopic (exact) mass is 310 g/mol. The summed E-state index contributed by atoms with van der Waals surface area (Å²) in [7, 11) is 0. The number of hydrogen-bond acceptors (Lipinski definition) is 5. The molecule has 3 heterocycles. The van der Waals surface area contributed by atoms with Crippen molar-refractivity contribution < 1.29 is 9.53 Å².